The average Bonchev–Trinajstić information content (AvgIpc) is 2.42. The molecule has 1 N–H and O–H groups in total. The average molecular weight is 295 g/mol. The lowest BCUT2D eigenvalue weighted by molar-refractivity contribution is -0.139. The van der Waals surface area contributed by atoms with E-state index in [-0.39, 0.29) is 17.7 Å². The molecular formula is C15H19ClN2O2. The van der Waals surface area contributed by atoms with Crippen LogP contribution >= 0.6 is 11.6 Å². The predicted molar refractivity (Wildman–Crippen MR) is 78.5 cm³/mol. The van der Waals surface area contributed by atoms with Crippen molar-refractivity contribution < 1.29 is 9.59 Å². The van der Waals surface area contributed by atoms with Gasteiger partial charge in [-0.15, -0.1) is 0 Å². The number of carbonyl (C=O) groups excluding carboxylic acids is 2. The van der Waals surface area contributed by atoms with Crippen LogP contribution in [0.15, 0.2) is 24.3 Å². The Morgan fingerprint density at radius 2 is 2.30 bits per heavy atom. The topological polar surface area (TPSA) is 49.4 Å². The fourth-order valence-electron chi connectivity index (χ4n) is 2.33. The standard InChI is InChI=1S/C15H19ClN2O2/c1-18-8-6-12(10-14(18)19)15(20)17-7-5-11-3-2-4-13(16)9-11/h2-4,9,12H,5-8,10H2,1H3,(H,17,20)/t12-/m1/s1. The van der Waals surface area contributed by atoms with Crippen LogP contribution in [0.3, 0.4) is 0 Å². The molecule has 1 aromatic rings. The van der Waals surface area contributed by atoms with Crippen LogP contribution in [0.4, 0.5) is 0 Å². The van der Waals surface area contributed by atoms with Crippen molar-refractivity contribution in [3.63, 3.8) is 0 Å². The van der Waals surface area contributed by atoms with Gasteiger partial charge in [0.1, 0.15) is 0 Å². The van der Waals surface area contributed by atoms with Crippen LogP contribution in [0.2, 0.25) is 5.02 Å². The van der Waals surface area contributed by atoms with Crippen molar-refractivity contribution in [3.05, 3.63) is 34.9 Å². The summed E-state index contributed by atoms with van der Waals surface area (Å²) < 4.78 is 0. The first kappa shape index (κ1) is 14.9. The normalized spacial score (nSPS) is 19.0. The molecule has 5 heteroatoms. The fourth-order valence-corrected chi connectivity index (χ4v) is 2.55. The molecule has 1 aromatic carbocycles. The second-order valence-corrected chi connectivity index (χ2v) is 5.61. The zero-order chi connectivity index (χ0) is 14.5. The largest absolute Gasteiger partial charge is 0.356 e. The third kappa shape index (κ3) is 3.97. The van der Waals surface area contributed by atoms with Gasteiger partial charge < -0.3 is 10.2 Å². The van der Waals surface area contributed by atoms with Crippen LogP contribution in [0.5, 0.6) is 0 Å². The van der Waals surface area contributed by atoms with E-state index in [9.17, 15) is 9.59 Å². The van der Waals surface area contributed by atoms with E-state index in [1.807, 2.05) is 24.3 Å². The number of carbonyl (C=O) groups is 2. The van der Waals surface area contributed by atoms with Crippen LogP contribution < -0.4 is 5.32 Å². The molecule has 2 amide bonds. The van der Waals surface area contributed by atoms with Crippen molar-refractivity contribution in [1.82, 2.24) is 10.2 Å². The summed E-state index contributed by atoms with van der Waals surface area (Å²) in [4.78, 5) is 25.2. The van der Waals surface area contributed by atoms with E-state index in [0.717, 1.165) is 18.4 Å². The molecule has 0 radical (unpaired) electrons. The third-order valence-electron chi connectivity index (χ3n) is 3.63. The summed E-state index contributed by atoms with van der Waals surface area (Å²) in [5.41, 5.74) is 1.09. The molecule has 1 aliphatic rings. The Bertz CT molecular complexity index is 504. The van der Waals surface area contributed by atoms with E-state index >= 15 is 0 Å². The van der Waals surface area contributed by atoms with E-state index in [1.165, 1.54) is 0 Å². The Balaban J connectivity index is 1.77. The van der Waals surface area contributed by atoms with Crippen molar-refractivity contribution in [2.24, 2.45) is 5.92 Å². The van der Waals surface area contributed by atoms with Gasteiger partial charge in [-0.25, -0.2) is 0 Å². The summed E-state index contributed by atoms with van der Waals surface area (Å²) in [5, 5.41) is 3.61. The lowest BCUT2D eigenvalue weighted by Gasteiger charge is -2.27. The molecule has 1 heterocycles. The van der Waals surface area contributed by atoms with Gasteiger partial charge in [0, 0.05) is 37.5 Å². The van der Waals surface area contributed by atoms with E-state index in [0.29, 0.717) is 24.5 Å². The highest BCUT2D eigenvalue weighted by Gasteiger charge is 2.28. The van der Waals surface area contributed by atoms with Gasteiger partial charge in [0.25, 0.3) is 0 Å². The Labute approximate surface area is 124 Å². The summed E-state index contributed by atoms with van der Waals surface area (Å²) >= 11 is 5.91. The lowest BCUT2D eigenvalue weighted by Crippen LogP contribution is -2.42. The summed E-state index contributed by atoms with van der Waals surface area (Å²) in [6.07, 6.45) is 1.80. The Morgan fingerprint density at radius 1 is 1.50 bits per heavy atom. The van der Waals surface area contributed by atoms with E-state index in [4.69, 9.17) is 11.6 Å². The second-order valence-electron chi connectivity index (χ2n) is 5.18. The zero-order valence-electron chi connectivity index (χ0n) is 11.6. The molecule has 0 saturated carbocycles. The minimum absolute atomic E-state index is 0.0199. The SMILES string of the molecule is CN1CC[C@@H](C(=O)NCCc2cccc(Cl)c2)CC1=O. The molecule has 1 aliphatic heterocycles. The van der Waals surface area contributed by atoms with Gasteiger partial charge in [-0.1, -0.05) is 23.7 Å². The highest BCUT2D eigenvalue weighted by atomic mass is 35.5. The maximum Gasteiger partial charge on any atom is 0.223 e. The maximum absolute atomic E-state index is 12.0. The van der Waals surface area contributed by atoms with Gasteiger partial charge in [0.15, 0.2) is 0 Å². The summed E-state index contributed by atoms with van der Waals surface area (Å²) in [5.74, 6) is -0.155. The van der Waals surface area contributed by atoms with Gasteiger partial charge in [-0.05, 0) is 30.5 Å². The number of piperidine rings is 1. The molecule has 20 heavy (non-hydrogen) atoms. The van der Waals surface area contributed by atoms with Crippen molar-refractivity contribution >= 4 is 23.4 Å². The van der Waals surface area contributed by atoms with E-state index in [1.54, 1.807) is 11.9 Å². The Morgan fingerprint density at radius 3 is 3.00 bits per heavy atom. The first-order chi connectivity index (χ1) is 9.56. The molecule has 1 saturated heterocycles. The van der Waals surface area contributed by atoms with Gasteiger partial charge in [-0.2, -0.15) is 0 Å². The van der Waals surface area contributed by atoms with Crippen molar-refractivity contribution in [3.8, 4) is 0 Å². The van der Waals surface area contributed by atoms with Crippen LogP contribution in [-0.4, -0.2) is 36.9 Å². The second kappa shape index (κ2) is 6.75. The molecule has 0 bridgehead atoms. The first-order valence-electron chi connectivity index (χ1n) is 6.82. The van der Waals surface area contributed by atoms with Gasteiger partial charge in [0.05, 0.1) is 0 Å². The quantitative estimate of drug-likeness (QED) is 0.921. The maximum atomic E-state index is 12.0. The smallest absolute Gasteiger partial charge is 0.223 e. The molecule has 108 valence electrons. The number of amides is 2. The third-order valence-corrected chi connectivity index (χ3v) is 3.87. The van der Waals surface area contributed by atoms with Gasteiger partial charge in [-0.3, -0.25) is 9.59 Å². The predicted octanol–water partition coefficient (Wildman–Crippen LogP) is 1.87. The van der Waals surface area contributed by atoms with Crippen molar-refractivity contribution in [2.75, 3.05) is 20.1 Å². The van der Waals surface area contributed by atoms with Crippen LogP contribution in [0.1, 0.15) is 18.4 Å². The highest BCUT2D eigenvalue weighted by molar-refractivity contribution is 6.30. The molecule has 0 aliphatic carbocycles. The van der Waals surface area contributed by atoms with Gasteiger partial charge >= 0.3 is 0 Å². The van der Waals surface area contributed by atoms with Gasteiger partial charge in [0.2, 0.25) is 11.8 Å². The molecule has 1 fully saturated rings. The fraction of sp³-hybridized carbons (Fsp3) is 0.467. The summed E-state index contributed by atoms with van der Waals surface area (Å²) in [7, 11) is 1.77. The molecule has 0 unspecified atom stereocenters. The number of hydrogen-bond acceptors (Lipinski definition) is 2. The van der Waals surface area contributed by atoms with Crippen LogP contribution in [0.25, 0.3) is 0 Å². The minimum atomic E-state index is -0.182. The van der Waals surface area contributed by atoms with Crippen molar-refractivity contribution in [2.45, 2.75) is 19.3 Å². The molecule has 0 aromatic heterocycles. The zero-order valence-corrected chi connectivity index (χ0v) is 12.3. The minimum Gasteiger partial charge on any atom is -0.356 e. The number of hydrogen-bond donors (Lipinski definition) is 1. The number of nitrogens with zero attached hydrogens (tertiary/aromatic N) is 1. The van der Waals surface area contributed by atoms with Crippen LogP contribution in [0, 0.1) is 5.92 Å². The first-order valence-corrected chi connectivity index (χ1v) is 7.20. The molecule has 1 atom stereocenters. The molecular weight excluding hydrogens is 276 g/mol. The van der Waals surface area contributed by atoms with E-state index < -0.39 is 0 Å². The number of nitrogens with one attached hydrogen (secondary N) is 1. The lowest BCUT2D eigenvalue weighted by atomic mass is 9.95. The number of rotatable bonds is 4. The Hall–Kier alpha value is -1.55. The monoisotopic (exact) mass is 294 g/mol. The molecule has 4 nitrogen and oxygen atoms in total. The van der Waals surface area contributed by atoms with Crippen LogP contribution in [-0.2, 0) is 16.0 Å². The highest BCUT2D eigenvalue weighted by Crippen LogP contribution is 2.17. The molecule has 0 spiro atoms. The number of halogens is 1. The summed E-state index contributed by atoms with van der Waals surface area (Å²) in [6, 6.07) is 7.60. The van der Waals surface area contributed by atoms with E-state index in [2.05, 4.69) is 5.32 Å². The molecule has 2 rings (SSSR count). The number of benzene rings is 1. The Kier molecular flexibility index (Phi) is 5.01. The summed E-state index contributed by atoms with van der Waals surface area (Å²) in [6.45, 7) is 1.23. The number of likely N-dealkylation sites (tertiary alicyclic amines) is 1. The van der Waals surface area contributed by atoms with Crippen molar-refractivity contribution in [1.29, 1.82) is 0 Å².